The standard InChI is InChI=1S/C21H23BrN4OS/c1-4-26-20(16-10-6-5-9-14(16)2)24-25-21(26)28-13-19(27)23-15(3)17-11-7-8-12-18(17)22/h5-12,15H,4,13H2,1-3H3,(H,23,27). The third-order valence-corrected chi connectivity index (χ3v) is 6.19. The SMILES string of the molecule is CCn1c(SCC(=O)NC(C)c2ccccc2Br)nnc1-c1ccccc1C. The summed E-state index contributed by atoms with van der Waals surface area (Å²) in [5.41, 5.74) is 3.27. The molecule has 1 atom stereocenters. The van der Waals surface area contributed by atoms with Gasteiger partial charge in [-0.1, -0.05) is 70.2 Å². The lowest BCUT2D eigenvalue weighted by molar-refractivity contribution is -0.119. The molecule has 0 bridgehead atoms. The van der Waals surface area contributed by atoms with Gasteiger partial charge in [0.05, 0.1) is 11.8 Å². The van der Waals surface area contributed by atoms with E-state index in [2.05, 4.69) is 55.9 Å². The molecule has 1 aromatic heterocycles. The number of aromatic nitrogens is 3. The van der Waals surface area contributed by atoms with Crippen molar-refractivity contribution in [2.75, 3.05) is 5.75 Å². The zero-order valence-electron chi connectivity index (χ0n) is 16.1. The summed E-state index contributed by atoms with van der Waals surface area (Å²) < 4.78 is 3.04. The maximum Gasteiger partial charge on any atom is 0.230 e. The van der Waals surface area contributed by atoms with E-state index in [0.29, 0.717) is 5.75 Å². The number of benzene rings is 2. The van der Waals surface area contributed by atoms with E-state index in [1.165, 1.54) is 11.8 Å². The Morgan fingerprint density at radius 3 is 2.61 bits per heavy atom. The lowest BCUT2D eigenvalue weighted by Gasteiger charge is -2.15. The minimum absolute atomic E-state index is 0.0312. The second-order valence-electron chi connectivity index (χ2n) is 6.46. The third-order valence-electron chi connectivity index (χ3n) is 4.50. The molecule has 7 heteroatoms. The number of carbonyl (C=O) groups excluding carboxylic acids is 1. The lowest BCUT2D eigenvalue weighted by atomic mass is 10.1. The van der Waals surface area contributed by atoms with Crippen LogP contribution in [-0.2, 0) is 11.3 Å². The first-order valence-electron chi connectivity index (χ1n) is 9.17. The van der Waals surface area contributed by atoms with Gasteiger partial charge in [-0.2, -0.15) is 0 Å². The zero-order valence-corrected chi connectivity index (χ0v) is 18.5. The van der Waals surface area contributed by atoms with Crippen molar-refractivity contribution in [3.8, 4) is 11.4 Å². The Bertz CT molecular complexity index is 973. The Labute approximate surface area is 178 Å². The first kappa shape index (κ1) is 20.6. The summed E-state index contributed by atoms with van der Waals surface area (Å²) in [7, 11) is 0. The number of halogens is 1. The number of hydrogen-bond acceptors (Lipinski definition) is 4. The Balaban J connectivity index is 1.67. The number of hydrogen-bond donors (Lipinski definition) is 1. The predicted molar refractivity (Wildman–Crippen MR) is 117 cm³/mol. The molecule has 2 aromatic carbocycles. The van der Waals surface area contributed by atoms with E-state index in [1.807, 2.05) is 49.4 Å². The van der Waals surface area contributed by atoms with Crippen LogP contribution in [0, 0.1) is 6.92 Å². The Morgan fingerprint density at radius 2 is 1.89 bits per heavy atom. The van der Waals surface area contributed by atoms with Gasteiger partial charge in [-0.3, -0.25) is 4.79 Å². The van der Waals surface area contributed by atoms with Crippen LogP contribution in [0.4, 0.5) is 0 Å². The zero-order chi connectivity index (χ0) is 20.1. The second kappa shape index (κ2) is 9.39. The van der Waals surface area contributed by atoms with Crippen molar-refractivity contribution in [3.63, 3.8) is 0 Å². The topological polar surface area (TPSA) is 59.8 Å². The molecule has 0 saturated carbocycles. The van der Waals surface area contributed by atoms with E-state index in [0.717, 1.165) is 38.7 Å². The van der Waals surface area contributed by atoms with Gasteiger partial charge in [0, 0.05) is 16.6 Å². The number of amides is 1. The molecule has 5 nitrogen and oxygen atoms in total. The van der Waals surface area contributed by atoms with Gasteiger partial charge >= 0.3 is 0 Å². The number of nitrogens with one attached hydrogen (secondary N) is 1. The highest BCUT2D eigenvalue weighted by molar-refractivity contribution is 9.10. The van der Waals surface area contributed by atoms with E-state index in [4.69, 9.17) is 0 Å². The van der Waals surface area contributed by atoms with E-state index in [-0.39, 0.29) is 11.9 Å². The normalized spacial score (nSPS) is 12.0. The van der Waals surface area contributed by atoms with Crippen LogP contribution in [0.25, 0.3) is 11.4 Å². The van der Waals surface area contributed by atoms with E-state index in [1.54, 1.807) is 0 Å². The highest BCUT2D eigenvalue weighted by Gasteiger charge is 2.17. The quantitative estimate of drug-likeness (QED) is 0.505. The van der Waals surface area contributed by atoms with Gasteiger partial charge in [0.25, 0.3) is 0 Å². The van der Waals surface area contributed by atoms with Crippen molar-refractivity contribution in [1.29, 1.82) is 0 Å². The fourth-order valence-corrected chi connectivity index (χ4v) is 4.46. The Morgan fingerprint density at radius 1 is 1.18 bits per heavy atom. The molecule has 0 radical (unpaired) electrons. The molecular formula is C21H23BrN4OS. The largest absolute Gasteiger partial charge is 0.349 e. The van der Waals surface area contributed by atoms with Crippen LogP contribution in [0.3, 0.4) is 0 Å². The van der Waals surface area contributed by atoms with E-state index in [9.17, 15) is 4.79 Å². The van der Waals surface area contributed by atoms with Gasteiger partial charge in [0.2, 0.25) is 5.91 Å². The average Bonchev–Trinajstić information content (AvgIpc) is 3.09. The number of rotatable bonds is 7. The summed E-state index contributed by atoms with van der Waals surface area (Å²) in [6.45, 7) is 6.85. The minimum Gasteiger partial charge on any atom is -0.349 e. The summed E-state index contributed by atoms with van der Waals surface area (Å²) >= 11 is 4.94. The number of nitrogens with zero attached hydrogens (tertiary/aromatic N) is 3. The van der Waals surface area contributed by atoms with Crippen LogP contribution in [0.15, 0.2) is 58.2 Å². The smallest absolute Gasteiger partial charge is 0.230 e. The molecule has 146 valence electrons. The van der Waals surface area contributed by atoms with Crippen LogP contribution in [-0.4, -0.2) is 26.4 Å². The van der Waals surface area contributed by atoms with Gasteiger partial charge in [-0.05, 0) is 38.0 Å². The van der Waals surface area contributed by atoms with E-state index < -0.39 is 0 Å². The summed E-state index contributed by atoms with van der Waals surface area (Å²) in [5, 5.41) is 12.5. The van der Waals surface area contributed by atoms with Gasteiger partial charge in [-0.25, -0.2) is 0 Å². The maximum absolute atomic E-state index is 12.4. The molecule has 3 aromatic rings. The molecule has 0 aliphatic heterocycles. The molecule has 0 aliphatic rings. The molecule has 1 N–H and O–H groups in total. The fraction of sp³-hybridized carbons (Fsp3) is 0.286. The van der Waals surface area contributed by atoms with Gasteiger partial charge in [0.1, 0.15) is 0 Å². The molecular weight excluding hydrogens is 436 g/mol. The maximum atomic E-state index is 12.4. The Hall–Kier alpha value is -2.12. The summed E-state index contributed by atoms with van der Waals surface area (Å²) in [5.74, 6) is 1.10. The van der Waals surface area contributed by atoms with Crippen molar-refractivity contribution < 1.29 is 4.79 Å². The van der Waals surface area contributed by atoms with E-state index >= 15 is 0 Å². The van der Waals surface area contributed by atoms with Crippen LogP contribution in [0.1, 0.15) is 31.0 Å². The predicted octanol–water partition coefficient (Wildman–Crippen LogP) is 5.01. The second-order valence-corrected chi connectivity index (χ2v) is 8.26. The molecule has 28 heavy (non-hydrogen) atoms. The first-order valence-corrected chi connectivity index (χ1v) is 10.9. The van der Waals surface area contributed by atoms with Gasteiger partial charge in [0.15, 0.2) is 11.0 Å². The molecule has 0 spiro atoms. The highest BCUT2D eigenvalue weighted by Crippen LogP contribution is 2.27. The Kier molecular flexibility index (Phi) is 6.91. The molecule has 3 rings (SSSR count). The minimum atomic E-state index is -0.0738. The fourth-order valence-electron chi connectivity index (χ4n) is 3.02. The summed E-state index contributed by atoms with van der Waals surface area (Å²) in [6.07, 6.45) is 0. The lowest BCUT2D eigenvalue weighted by Crippen LogP contribution is -2.28. The van der Waals surface area contributed by atoms with Gasteiger partial charge < -0.3 is 9.88 Å². The van der Waals surface area contributed by atoms with Crippen molar-refractivity contribution in [1.82, 2.24) is 20.1 Å². The number of aryl methyl sites for hydroxylation is 1. The average molecular weight is 459 g/mol. The highest BCUT2D eigenvalue weighted by atomic mass is 79.9. The molecule has 0 aliphatic carbocycles. The third kappa shape index (κ3) is 4.64. The van der Waals surface area contributed by atoms with Crippen molar-refractivity contribution >= 4 is 33.6 Å². The summed E-state index contributed by atoms with van der Waals surface area (Å²) in [4.78, 5) is 12.4. The molecule has 1 amide bonds. The van der Waals surface area contributed by atoms with Crippen molar-refractivity contribution in [2.24, 2.45) is 0 Å². The van der Waals surface area contributed by atoms with Crippen molar-refractivity contribution in [3.05, 3.63) is 64.1 Å². The number of thioether (sulfide) groups is 1. The molecule has 0 fully saturated rings. The van der Waals surface area contributed by atoms with Crippen LogP contribution >= 0.6 is 27.7 Å². The first-order chi connectivity index (χ1) is 13.5. The summed E-state index contributed by atoms with van der Waals surface area (Å²) in [6, 6.07) is 16.0. The van der Waals surface area contributed by atoms with Gasteiger partial charge in [-0.15, -0.1) is 10.2 Å². The van der Waals surface area contributed by atoms with Crippen molar-refractivity contribution in [2.45, 2.75) is 38.5 Å². The van der Waals surface area contributed by atoms with Crippen LogP contribution in [0.2, 0.25) is 0 Å². The van der Waals surface area contributed by atoms with Crippen LogP contribution < -0.4 is 5.32 Å². The molecule has 1 unspecified atom stereocenters. The monoisotopic (exact) mass is 458 g/mol. The molecule has 1 heterocycles. The van der Waals surface area contributed by atoms with Crippen LogP contribution in [0.5, 0.6) is 0 Å². The number of carbonyl (C=O) groups is 1. The molecule has 0 saturated heterocycles.